The summed E-state index contributed by atoms with van der Waals surface area (Å²) >= 11 is 0. The van der Waals surface area contributed by atoms with E-state index in [-0.39, 0.29) is 6.92 Å². The van der Waals surface area contributed by atoms with Gasteiger partial charge in [0.25, 0.3) is 5.91 Å². The Balaban J connectivity index is 4.29. The second kappa shape index (κ2) is 15.4. The van der Waals surface area contributed by atoms with E-state index in [0.717, 1.165) is 5.32 Å². The highest BCUT2D eigenvalue weighted by atomic mass is 19.4. The van der Waals surface area contributed by atoms with Crippen LogP contribution in [0, 0.1) is 6.92 Å². The molecule has 0 saturated heterocycles. The van der Waals surface area contributed by atoms with Gasteiger partial charge in [0.1, 0.15) is 11.4 Å². The molecule has 1 N–H and O–H groups in total. The fourth-order valence-corrected chi connectivity index (χ4v) is 4.30. The molecule has 0 bridgehead atoms. The van der Waals surface area contributed by atoms with Gasteiger partial charge in [-0.15, -0.1) is 0 Å². The Bertz CT molecular complexity index is 1980. The highest BCUT2D eigenvalue weighted by Gasteiger charge is 3.00. The molecule has 8 nitrogen and oxygen atoms in total. The number of hydrogen-bond donors (Lipinski definition) is 1. The van der Waals surface area contributed by atoms with Gasteiger partial charge in [0, 0.05) is 12.5 Å². The summed E-state index contributed by atoms with van der Waals surface area (Å²) in [5, 5.41) is 1.16. The molecule has 348 valence electrons. The summed E-state index contributed by atoms with van der Waals surface area (Å²) in [6.07, 6.45) is -7.43. The van der Waals surface area contributed by atoms with Crippen LogP contribution in [0.25, 0.3) is 0 Å². The summed E-state index contributed by atoms with van der Waals surface area (Å²) in [5.41, 5.74) is -11.4. The van der Waals surface area contributed by atoms with Crippen LogP contribution in [-0.2, 0) is 25.0 Å². The number of benzene rings is 1. The maximum Gasteiger partial charge on any atom is 0.460 e. The van der Waals surface area contributed by atoms with Crippen LogP contribution < -0.4 is 5.32 Å². The number of nitrogens with one attached hydrogen (secondary N) is 1. The lowest BCUT2D eigenvalue weighted by molar-refractivity contribution is -0.485. The largest absolute Gasteiger partial charge is 0.460 e. The zero-order valence-electron chi connectivity index (χ0n) is 27.9. The molecule has 1 aromatic carbocycles. The molecule has 1 rings (SSSR count). The van der Waals surface area contributed by atoms with Crippen molar-refractivity contribution in [3.05, 3.63) is 22.8 Å². The van der Waals surface area contributed by atoms with Gasteiger partial charge in [0.2, 0.25) is 12.2 Å². The van der Waals surface area contributed by atoms with Gasteiger partial charge in [-0.05, 0) is 18.6 Å². The normalized spacial score (nSPS) is 14.8. The van der Waals surface area contributed by atoms with E-state index in [4.69, 9.17) is 0 Å². The Kier molecular flexibility index (Phi) is 13.7. The molecule has 0 aromatic heterocycles. The summed E-state index contributed by atoms with van der Waals surface area (Å²) < 4.78 is 383. The first-order valence-corrected chi connectivity index (χ1v) is 14.0. The third-order valence-corrected chi connectivity index (χ3v) is 7.61. The van der Waals surface area contributed by atoms with E-state index in [9.17, 15) is 120 Å². The number of isocyanates is 2. The van der Waals surface area contributed by atoms with E-state index in [1.165, 1.54) is 0 Å². The smallest absolute Gasteiger partial charge is 0.445 e. The van der Waals surface area contributed by atoms with Gasteiger partial charge < -0.3 is 10.1 Å². The Morgan fingerprint density at radius 1 is 0.541 bits per heavy atom. The SMILES string of the molecule is CC(=O)OCNC(=O)c1cc(N=C=O)c(N=C=O)c(C)c1C(F)(F)C(F)(F)C(F)(F)C(F)(F)C(F)(F)C(F)(F)C(F)(F)C(F)(F)C(F)(F)C(F)(F)C(F)(F)C(F)(F)C(F)(F)F. The summed E-state index contributed by atoms with van der Waals surface area (Å²) in [4.78, 5) is 50.0. The molecule has 61 heavy (non-hydrogen) atoms. The Hall–Kier alpha value is -4.97. The number of aliphatic imine (C=N–C) groups is 2. The van der Waals surface area contributed by atoms with Crippen molar-refractivity contribution in [1.82, 2.24) is 5.32 Å². The number of amides is 1. The van der Waals surface area contributed by atoms with Crippen LogP contribution in [0.3, 0.4) is 0 Å². The maximum atomic E-state index is 15.5. The standard InChI is InChI=1S/C26H10F27N3O5/c1-7-11(9(13(60)56-6-61-8(2)59)3-10(54-4-57)12(7)55-5-58)14(27,28)15(29,30)16(31,32)17(33,34)18(35,36)19(37,38)20(39,40)21(41,42)22(43,44)23(45,46)24(47,48)25(49,50)26(51,52)53/h3H,6H2,1-2H3,(H,56,60). The number of alkyl halides is 27. The number of esters is 1. The Labute approximate surface area is 314 Å². The molecule has 0 unspecified atom stereocenters. The van der Waals surface area contributed by atoms with Gasteiger partial charge >= 0.3 is 83.2 Å². The summed E-state index contributed by atoms with van der Waals surface area (Å²) in [7, 11) is 0. The summed E-state index contributed by atoms with van der Waals surface area (Å²) in [6.45, 7) is -1.26. The van der Waals surface area contributed by atoms with Crippen LogP contribution in [0.2, 0.25) is 0 Å². The molecule has 0 spiro atoms. The average molecular weight is 957 g/mol. The zero-order chi connectivity index (χ0) is 49.2. The third kappa shape index (κ3) is 7.36. The van der Waals surface area contributed by atoms with E-state index in [1.807, 2.05) is 0 Å². The lowest BCUT2D eigenvalue weighted by atomic mass is 9.82. The van der Waals surface area contributed by atoms with Crippen molar-refractivity contribution in [3.8, 4) is 0 Å². The van der Waals surface area contributed by atoms with Crippen molar-refractivity contribution < 1.29 is 142 Å². The van der Waals surface area contributed by atoms with Gasteiger partial charge in [-0.2, -0.15) is 129 Å². The number of rotatable bonds is 17. The fraction of sp³-hybridized carbons (Fsp3) is 0.615. The minimum absolute atomic E-state index is 0.200. The Morgan fingerprint density at radius 2 is 0.852 bits per heavy atom. The molecule has 35 heteroatoms. The van der Waals surface area contributed by atoms with Gasteiger partial charge in [-0.3, -0.25) is 9.59 Å². The second-order valence-electron chi connectivity index (χ2n) is 11.4. The van der Waals surface area contributed by atoms with Crippen molar-refractivity contribution in [3.63, 3.8) is 0 Å². The van der Waals surface area contributed by atoms with E-state index in [1.54, 1.807) is 0 Å². The van der Waals surface area contributed by atoms with E-state index < -0.39 is 130 Å². The number of halogens is 27. The maximum absolute atomic E-state index is 15.5. The fourth-order valence-electron chi connectivity index (χ4n) is 4.30. The zero-order valence-corrected chi connectivity index (χ0v) is 27.9. The lowest BCUT2D eigenvalue weighted by Crippen LogP contribution is -2.78. The van der Waals surface area contributed by atoms with E-state index in [2.05, 4.69) is 14.7 Å². The van der Waals surface area contributed by atoms with Gasteiger partial charge in [-0.25, -0.2) is 9.59 Å². The van der Waals surface area contributed by atoms with E-state index in [0.29, 0.717) is 19.1 Å². The molecule has 0 aliphatic rings. The molecule has 1 aromatic rings. The van der Waals surface area contributed by atoms with Crippen molar-refractivity contribution >= 4 is 35.4 Å². The van der Waals surface area contributed by atoms with Crippen LogP contribution in [0.1, 0.15) is 28.4 Å². The molecule has 0 atom stereocenters. The lowest BCUT2D eigenvalue weighted by Gasteiger charge is -2.46. The molecular formula is C26H10F27N3O5. The third-order valence-electron chi connectivity index (χ3n) is 7.61. The minimum atomic E-state index is -9.97. The Morgan fingerprint density at radius 3 is 1.15 bits per heavy atom. The predicted octanol–water partition coefficient (Wildman–Crippen LogP) is 9.82. The first-order valence-electron chi connectivity index (χ1n) is 14.0. The molecule has 0 fully saturated rings. The molecule has 0 aliphatic heterocycles. The first-order chi connectivity index (χ1) is 26.6. The molecule has 0 aliphatic carbocycles. The first kappa shape index (κ1) is 54.0. The number of ether oxygens (including phenoxy) is 1. The molecular weight excluding hydrogens is 947 g/mol. The van der Waals surface area contributed by atoms with E-state index >= 15 is 17.6 Å². The molecule has 0 radical (unpaired) electrons. The quantitative estimate of drug-likeness (QED) is 0.0550. The minimum Gasteiger partial charge on any atom is -0.445 e. The highest BCUT2D eigenvalue weighted by molar-refractivity contribution is 5.99. The molecule has 1 amide bonds. The predicted molar refractivity (Wildman–Crippen MR) is 135 cm³/mol. The van der Waals surface area contributed by atoms with Crippen molar-refractivity contribution in [2.45, 2.75) is 91.1 Å². The van der Waals surface area contributed by atoms with Crippen LogP contribution in [0.4, 0.5) is 130 Å². The summed E-state index contributed by atoms with van der Waals surface area (Å²) in [6, 6.07) is -0.526. The second-order valence-corrected chi connectivity index (χ2v) is 11.4. The van der Waals surface area contributed by atoms with Gasteiger partial charge in [-0.1, -0.05) is 0 Å². The van der Waals surface area contributed by atoms with Crippen LogP contribution >= 0.6 is 0 Å². The number of carbonyl (C=O) groups is 2. The molecule has 0 saturated carbocycles. The van der Waals surface area contributed by atoms with Crippen LogP contribution in [0.5, 0.6) is 0 Å². The highest BCUT2D eigenvalue weighted by Crippen LogP contribution is 2.69. The van der Waals surface area contributed by atoms with Crippen molar-refractivity contribution in [2.75, 3.05) is 6.73 Å². The van der Waals surface area contributed by atoms with Gasteiger partial charge in [0.05, 0.1) is 5.56 Å². The monoisotopic (exact) mass is 957 g/mol. The van der Waals surface area contributed by atoms with Crippen LogP contribution in [0.15, 0.2) is 16.1 Å². The van der Waals surface area contributed by atoms with Crippen LogP contribution in [-0.4, -0.2) is 102 Å². The van der Waals surface area contributed by atoms with Crippen molar-refractivity contribution in [1.29, 1.82) is 0 Å². The number of carbonyl (C=O) groups excluding carboxylic acids is 4. The van der Waals surface area contributed by atoms with Gasteiger partial charge in [0.15, 0.2) is 6.73 Å². The topological polar surface area (TPSA) is 114 Å². The number of hydrogen-bond acceptors (Lipinski definition) is 7. The number of nitrogens with zero attached hydrogens (tertiary/aromatic N) is 2. The average Bonchev–Trinajstić information content (AvgIpc) is 3.07. The molecule has 0 heterocycles. The summed E-state index contributed by atoms with van der Waals surface area (Å²) in [5.74, 6) is -117. The van der Waals surface area contributed by atoms with Crippen molar-refractivity contribution in [2.24, 2.45) is 9.98 Å².